The van der Waals surface area contributed by atoms with Crippen molar-refractivity contribution in [2.24, 2.45) is 5.92 Å². The molecular weight excluding hydrogens is 371 g/mol. The lowest BCUT2D eigenvalue weighted by Crippen LogP contribution is -2.57. The van der Waals surface area contributed by atoms with E-state index in [-0.39, 0.29) is 23.8 Å². The summed E-state index contributed by atoms with van der Waals surface area (Å²) >= 11 is 0. The Labute approximate surface area is 170 Å². The smallest absolute Gasteiger partial charge is 0.303 e. The first-order valence-electron chi connectivity index (χ1n) is 9.96. The normalized spacial score (nSPS) is 31.6. The second-order valence-electron chi connectivity index (χ2n) is 8.09. The Kier molecular flexibility index (Phi) is 5.28. The molecule has 5 heteroatoms. The van der Waals surface area contributed by atoms with E-state index in [2.05, 4.69) is 0 Å². The topological polar surface area (TPSA) is 44.8 Å². The van der Waals surface area contributed by atoms with Gasteiger partial charge >= 0.3 is 5.97 Å². The molecule has 4 nitrogen and oxygen atoms in total. The molecule has 4 rings (SSSR count). The van der Waals surface area contributed by atoms with Crippen LogP contribution in [0.4, 0.5) is 4.39 Å². The molecule has 2 bridgehead atoms. The van der Waals surface area contributed by atoms with E-state index in [1.54, 1.807) is 12.1 Å². The number of carbonyl (C=O) groups excluding carboxylic acids is 1. The van der Waals surface area contributed by atoms with E-state index < -0.39 is 11.2 Å². The van der Waals surface area contributed by atoms with Gasteiger partial charge in [0.2, 0.25) is 0 Å². The van der Waals surface area contributed by atoms with E-state index in [1.165, 1.54) is 19.1 Å². The second-order valence-corrected chi connectivity index (χ2v) is 8.09. The number of carbonyl (C=O) groups is 1. The summed E-state index contributed by atoms with van der Waals surface area (Å²) in [5.41, 5.74) is 0.432. The van der Waals surface area contributed by atoms with Crippen LogP contribution in [0.5, 0.6) is 0 Å². The molecule has 0 unspecified atom stereocenters. The Morgan fingerprint density at radius 3 is 2.59 bits per heavy atom. The first-order valence-corrected chi connectivity index (χ1v) is 9.96. The molecule has 0 aromatic heterocycles. The van der Waals surface area contributed by atoms with Crippen LogP contribution in [0.15, 0.2) is 60.7 Å². The van der Waals surface area contributed by atoms with Crippen molar-refractivity contribution in [3.63, 3.8) is 0 Å². The van der Waals surface area contributed by atoms with Crippen molar-refractivity contribution < 1.29 is 23.7 Å². The summed E-state index contributed by atoms with van der Waals surface area (Å²) in [5, 5.41) is 0. The lowest BCUT2D eigenvalue weighted by atomic mass is 9.67. The molecule has 1 saturated carbocycles. The summed E-state index contributed by atoms with van der Waals surface area (Å²) < 4.78 is 18.8. The van der Waals surface area contributed by atoms with Crippen molar-refractivity contribution in [3.8, 4) is 0 Å². The van der Waals surface area contributed by atoms with Crippen molar-refractivity contribution in [3.05, 3.63) is 77.6 Å². The highest BCUT2D eigenvalue weighted by molar-refractivity contribution is 5.66. The van der Waals surface area contributed by atoms with Gasteiger partial charge in [-0.15, -0.1) is 0 Å². The molecule has 2 aromatic rings. The molecule has 1 saturated heterocycles. The molecule has 29 heavy (non-hydrogen) atoms. The average Bonchev–Trinajstić information content (AvgIpc) is 2.72. The molecule has 0 radical (unpaired) electrons. The molecule has 0 N–H and O–H groups in total. The Morgan fingerprint density at radius 2 is 1.90 bits per heavy atom. The maximum absolute atomic E-state index is 13.2. The fourth-order valence-corrected chi connectivity index (χ4v) is 4.47. The minimum Gasteiger partial charge on any atom is -0.457 e. The van der Waals surface area contributed by atoms with Gasteiger partial charge in [0.1, 0.15) is 23.1 Å². The van der Waals surface area contributed by atoms with Gasteiger partial charge in [0.15, 0.2) is 0 Å². The van der Waals surface area contributed by atoms with Gasteiger partial charge < -0.3 is 4.74 Å². The van der Waals surface area contributed by atoms with Gasteiger partial charge in [-0.3, -0.25) is 4.79 Å². The van der Waals surface area contributed by atoms with Gasteiger partial charge in [0, 0.05) is 12.8 Å². The number of esters is 1. The Bertz CT molecular complexity index is 895. The molecule has 1 aliphatic carbocycles. The zero-order chi connectivity index (χ0) is 20.5. The third kappa shape index (κ3) is 3.85. The molecular formula is C24H25FO4. The van der Waals surface area contributed by atoms with Gasteiger partial charge in [0.25, 0.3) is 0 Å². The van der Waals surface area contributed by atoms with E-state index in [9.17, 15) is 9.18 Å². The predicted octanol–water partition coefficient (Wildman–Crippen LogP) is 5.19. The van der Waals surface area contributed by atoms with Gasteiger partial charge in [-0.05, 0) is 55.5 Å². The lowest BCUT2D eigenvalue weighted by molar-refractivity contribution is -0.443. The van der Waals surface area contributed by atoms with Gasteiger partial charge in [0.05, 0.1) is 0 Å². The molecule has 1 heterocycles. The molecule has 2 aliphatic rings. The van der Waals surface area contributed by atoms with E-state index in [1.807, 2.05) is 49.4 Å². The van der Waals surface area contributed by atoms with Gasteiger partial charge in [-0.2, -0.15) is 0 Å². The molecule has 2 fully saturated rings. The van der Waals surface area contributed by atoms with Crippen LogP contribution in [0.2, 0.25) is 0 Å². The number of benzene rings is 2. The van der Waals surface area contributed by atoms with Crippen LogP contribution in [-0.2, 0) is 24.9 Å². The Morgan fingerprint density at radius 1 is 1.17 bits per heavy atom. The quantitative estimate of drug-likeness (QED) is 0.527. The predicted molar refractivity (Wildman–Crippen MR) is 107 cm³/mol. The number of ether oxygens (including phenoxy) is 1. The van der Waals surface area contributed by atoms with Crippen LogP contribution < -0.4 is 0 Å². The number of rotatable bonds is 4. The molecule has 0 spiro atoms. The van der Waals surface area contributed by atoms with Crippen molar-refractivity contribution in [2.45, 2.75) is 50.4 Å². The van der Waals surface area contributed by atoms with Gasteiger partial charge in [-0.1, -0.05) is 48.5 Å². The molecule has 1 aliphatic heterocycles. The monoisotopic (exact) mass is 396 g/mol. The first-order chi connectivity index (χ1) is 13.9. The summed E-state index contributed by atoms with van der Waals surface area (Å²) in [4.78, 5) is 23.5. The lowest BCUT2D eigenvalue weighted by Gasteiger charge is -2.52. The van der Waals surface area contributed by atoms with Crippen LogP contribution in [0, 0.1) is 11.7 Å². The van der Waals surface area contributed by atoms with Crippen LogP contribution in [0.1, 0.15) is 44.2 Å². The van der Waals surface area contributed by atoms with Crippen molar-refractivity contribution >= 4 is 12.0 Å². The number of fused-ring (bicyclic) bond motifs is 2. The Hall–Kier alpha value is -2.50. The number of halogens is 1. The number of hydrogen-bond acceptors (Lipinski definition) is 4. The van der Waals surface area contributed by atoms with E-state index >= 15 is 0 Å². The van der Waals surface area contributed by atoms with Gasteiger partial charge in [-0.25, -0.2) is 14.2 Å². The third-order valence-electron chi connectivity index (χ3n) is 6.07. The highest BCUT2D eigenvalue weighted by Gasteiger charge is 2.55. The fourth-order valence-electron chi connectivity index (χ4n) is 4.47. The van der Waals surface area contributed by atoms with Crippen molar-refractivity contribution in [1.29, 1.82) is 0 Å². The standard InChI is InChI=1S/C24H25FO4/c1-17(26)27-23(2)14-13-20-16-22(23)28-29-24(20,19-6-4-3-5-7-19)15-12-18-8-10-21(25)11-9-18/h3-12,15,20,22H,13-14,16H2,1-2H3/b15-12-/t20-,22-,23-,24-/m1/s1. The summed E-state index contributed by atoms with van der Waals surface area (Å²) in [6.45, 7) is 3.32. The van der Waals surface area contributed by atoms with Crippen molar-refractivity contribution in [2.75, 3.05) is 0 Å². The second kappa shape index (κ2) is 7.73. The van der Waals surface area contributed by atoms with Crippen LogP contribution >= 0.6 is 0 Å². The van der Waals surface area contributed by atoms with E-state index in [0.717, 1.165) is 17.5 Å². The van der Waals surface area contributed by atoms with E-state index in [0.29, 0.717) is 12.8 Å². The third-order valence-corrected chi connectivity index (χ3v) is 6.07. The minimum absolute atomic E-state index is 0.156. The largest absolute Gasteiger partial charge is 0.457 e. The van der Waals surface area contributed by atoms with Crippen LogP contribution in [0.25, 0.3) is 6.08 Å². The summed E-state index contributed by atoms with van der Waals surface area (Å²) in [6.07, 6.45) is 5.87. The zero-order valence-corrected chi connectivity index (χ0v) is 16.6. The molecule has 4 atom stereocenters. The molecule has 0 amide bonds. The van der Waals surface area contributed by atoms with Crippen LogP contribution in [0.3, 0.4) is 0 Å². The van der Waals surface area contributed by atoms with Crippen LogP contribution in [-0.4, -0.2) is 17.7 Å². The van der Waals surface area contributed by atoms with E-state index in [4.69, 9.17) is 14.5 Å². The Balaban J connectivity index is 1.67. The summed E-state index contributed by atoms with van der Waals surface area (Å²) in [5.74, 6) is -0.424. The molecule has 2 aromatic carbocycles. The zero-order valence-electron chi connectivity index (χ0n) is 16.6. The SMILES string of the molecule is CC(=O)O[C@]1(C)CC[C@@H]2C[C@H]1OO[C@]2(/C=C\c1ccc(F)cc1)c1ccccc1. The first kappa shape index (κ1) is 19.8. The van der Waals surface area contributed by atoms with Crippen molar-refractivity contribution in [1.82, 2.24) is 0 Å². The maximum atomic E-state index is 13.2. The minimum atomic E-state index is -0.760. The maximum Gasteiger partial charge on any atom is 0.303 e. The highest BCUT2D eigenvalue weighted by atomic mass is 19.1. The fraction of sp³-hybridized carbons (Fsp3) is 0.375. The summed E-state index contributed by atoms with van der Waals surface area (Å²) in [7, 11) is 0. The average molecular weight is 396 g/mol. The summed E-state index contributed by atoms with van der Waals surface area (Å²) in [6, 6.07) is 16.3. The molecule has 152 valence electrons. The highest BCUT2D eigenvalue weighted by Crippen LogP contribution is 2.51. The number of hydrogen-bond donors (Lipinski definition) is 0.